The van der Waals surface area contributed by atoms with Crippen molar-refractivity contribution in [1.82, 2.24) is 0 Å². The van der Waals surface area contributed by atoms with E-state index in [0.29, 0.717) is 11.3 Å². The maximum Gasteiger partial charge on any atom is 0.00829 e. The normalized spacial score (nSPS) is 14.0. The fourth-order valence-corrected chi connectivity index (χ4v) is 2.01. The van der Waals surface area contributed by atoms with Crippen LogP contribution in [0.5, 0.6) is 0 Å². The predicted octanol–water partition coefficient (Wildman–Crippen LogP) is 4.60. The molecule has 0 aromatic heterocycles. The van der Waals surface area contributed by atoms with Crippen molar-refractivity contribution < 1.29 is 0 Å². The monoisotopic (exact) mass is 254 g/mol. The van der Waals surface area contributed by atoms with Crippen LogP contribution in [0.15, 0.2) is 30.3 Å². The van der Waals surface area contributed by atoms with Gasteiger partial charge in [-0.1, -0.05) is 67.0 Å². The lowest BCUT2D eigenvalue weighted by Crippen LogP contribution is -2.16. The van der Waals surface area contributed by atoms with Gasteiger partial charge in [0.05, 0.1) is 0 Å². The summed E-state index contributed by atoms with van der Waals surface area (Å²) in [6.45, 7) is 6.92. The van der Waals surface area contributed by atoms with Crippen molar-refractivity contribution >= 4 is 15.9 Å². The maximum absolute atomic E-state index is 3.57. The molecule has 0 aliphatic heterocycles. The highest BCUT2D eigenvalue weighted by atomic mass is 79.9. The van der Waals surface area contributed by atoms with Crippen molar-refractivity contribution in [3.63, 3.8) is 0 Å². The van der Waals surface area contributed by atoms with Crippen LogP contribution in [-0.4, -0.2) is 5.33 Å². The molecular formula is C13H19Br. The minimum atomic E-state index is 0.384. The molecule has 0 bridgehead atoms. The van der Waals surface area contributed by atoms with Gasteiger partial charge in [-0.25, -0.2) is 0 Å². The van der Waals surface area contributed by atoms with E-state index in [1.807, 2.05) is 0 Å². The Morgan fingerprint density at radius 1 is 1.21 bits per heavy atom. The molecule has 0 amide bonds. The fourth-order valence-electron chi connectivity index (χ4n) is 1.78. The molecule has 1 atom stereocenters. The van der Waals surface area contributed by atoms with E-state index >= 15 is 0 Å². The Morgan fingerprint density at radius 3 is 2.29 bits per heavy atom. The van der Waals surface area contributed by atoms with Crippen molar-refractivity contribution in [3.05, 3.63) is 35.9 Å². The molecule has 0 aliphatic carbocycles. The van der Waals surface area contributed by atoms with E-state index in [9.17, 15) is 0 Å². The molecule has 1 rings (SSSR count). The lowest BCUT2D eigenvalue weighted by atomic mass is 9.82. The summed E-state index contributed by atoms with van der Waals surface area (Å²) in [6, 6.07) is 10.7. The highest BCUT2D eigenvalue weighted by Crippen LogP contribution is 2.32. The second kappa shape index (κ2) is 4.97. The summed E-state index contributed by atoms with van der Waals surface area (Å²) in [7, 11) is 0. The predicted molar refractivity (Wildman–Crippen MR) is 67.0 cm³/mol. The number of hydrogen-bond donors (Lipinski definition) is 0. The number of hydrogen-bond acceptors (Lipinski definition) is 0. The molecule has 1 aromatic rings. The Balaban J connectivity index is 2.64. The van der Waals surface area contributed by atoms with Crippen molar-refractivity contribution in [2.24, 2.45) is 5.41 Å². The lowest BCUT2D eigenvalue weighted by Gasteiger charge is -2.25. The zero-order valence-corrected chi connectivity index (χ0v) is 10.8. The van der Waals surface area contributed by atoms with Crippen LogP contribution in [0.2, 0.25) is 0 Å². The molecule has 0 radical (unpaired) electrons. The van der Waals surface area contributed by atoms with Crippen LogP contribution in [-0.2, 0) is 0 Å². The van der Waals surface area contributed by atoms with E-state index in [1.54, 1.807) is 0 Å². The van der Waals surface area contributed by atoms with Crippen molar-refractivity contribution in [1.29, 1.82) is 0 Å². The van der Waals surface area contributed by atoms with Crippen molar-refractivity contribution in [2.75, 3.05) is 5.33 Å². The highest BCUT2D eigenvalue weighted by molar-refractivity contribution is 9.09. The average Bonchev–Trinajstić information content (AvgIpc) is 2.19. The topological polar surface area (TPSA) is 0 Å². The van der Waals surface area contributed by atoms with Gasteiger partial charge in [0.15, 0.2) is 0 Å². The average molecular weight is 255 g/mol. The van der Waals surface area contributed by atoms with Crippen LogP contribution in [0.25, 0.3) is 0 Å². The Morgan fingerprint density at radius 2 is 1.79 bits per heavy atom. The van der Waals surface area contributed by atoms with Crippen molar-refractivity contribution in [3.8, 4) is 0 Å². The Kier molecular flexibility index (Phi) is 4.18. The molecule has 1 heteroatoms. The molecule has 0 saturated heterocycles. The number of alkyl halides is 1. The second-order valence-corrected chi connectivity index (χ2v) is 5.37. The first kappa shape index (κ1) is 11.8. The van der Waals surface area contributed by atoms with Crippen molar-refractivity contribution in [2.45, 2.75) is 33.1 Å². The zero-order chi connectivity index (χ0) is 10.6. The third kappa shape index (κ3) is 3.45. The third-order valence-electron chi connectivity index (χ3n) is 2.59. The number of benzene rings is 1. The molecule has 78 valence electrons. The SMILES string of the molecule is CC(CC(C)(C)CBr)c1ccccc1. The lowest BCUT2D eigenvalue weighted by molar-refractivity contribution is 0.360. The van der Waals surface area contributed by atoms with Crippen LogP contribution < -0.4 is 0 Å². The number of halogens is 1. The van der Waals surface area contributed by atoms with Crippen LogP contribution >= 0.6 is 15.9 Å². The molecule has 1 unspecified atom stereocenters. The van der Waals surface area contributed by atoms with Crippen LogP contribution in [0.4, 0.5) is 0 Å². The zero-order valence-electron chi connectivity index (χ0n) is 9.26. The Hall–Kier alpha value is -0.300. The van der Waals surface area contributed by atoms with Crippen LogP contribution in [0.1, 0.15) is 38.7 Å². The van der Waals surface area contributed by atoms with Gasteiger partial charge >= 0.3 is 0 Å². The Bertz CT molecular complexity index is 264. The molecule has 0 heterocycles. The quantitative estimate of drug-likeness (QED) is 0.689. The van der Waals surface area contributed by atoms with Gasteiger partial charge in [-0.3, -0.25) is 0 Å². The van der Waals surface area contributed by atoms with Gasteiger partial charge in [-0.15, -0.1) is 0 Å². The van der Waals surface area contributed by atoms with Gasteiger partial charge in [0, 0.05) is 5.33 Å². The summed E-state index contributed by atoms with van der Waals surface area (Å²) < 4.78 is 0. The molecular weight excluding hydrogens is 236 g/mol. The van der Waals surface area contributed by atoms with Gasteiger partial charge in [0.1, 0.15) is 0 Å². The molecule has 0 N–H and O–H groups in total. The molecule has 0 saturated carbocycles. The molecule has 1 aromatic carbocycles. The Labute approximate surface area is 95.9 Å². The summed E-state index contributed by atoms with van der Waals surface area (Å²) >= 11 is 3.57. The fraction of sp³-hybridized carbons (Fsp3) is 0.538. The summed E-state index contributed by atoms with van der Waals surface area (Å²) in [5, 5.41) is 1.07. The first-order valence-electron chi connectivity index (χ1n) is 5.16. The van der Waals surface area contributed by atoms with Gasteiger partial charge in [0.2, 0.25) is 0 Å². The second-order valence-electron chi connectivity index (χ2n) is 4.81. The third-order valence-corrected chi connectivity index (χ3v) is 4.11. The van der Waals surface area contributed by atoms with E-state index in [4.69, 9.17) is 0 Å². The number of rotatable bonds is 4. The summed E-state index contributed by atoms with van der Waals surface area (Å²) in [4.78, 5) is 0. The molecule has 0 aliphatic rings. The molecule has 0 spiro atoms. The van der Waals surface area contributed by atoms with Gasteiger partial charge in [-0.05, 0) is 23.3 Å². The first-order chi connectivity index (χ1) is 6.55. The largest absolute Gasteiger partial charge is 0.0922 e. The minimum Gasteiger partial charge on any atom is -0.0922 e. The van der Waals surface area contributed by atoms with Crippen LogP contribution in [0.3, 0.4) is 0 Å². The summed E-state index contributed by atoms with van der Waals surface area (Å²) in [6.07, 6.45) is 1.22. The van der Waals surface area contributed by atoms with E-state index < -0.39 is 0 Å². The highest BCUT2D eigenvalue weighted by Gasteiger charge is 2.20. The first-order valence-corrected chi connectivity index (χ1v) is 6.28. The van der Waals surface area contributed by atoms with Gasteiger partial charge in [0.25, 0.3) is 0 Å². The standard InChI is InChI=1S/C13H19Br/c1-11(9-13(2,3)10-14)12-7-5-4-6-8-12/h4-8,11H,9-10H2,1-3H3. The van der Waals surface area contributed by atoms with E-state index in [2.05, 4.69) is 67.0 Å². The van der Waals surface area contributed by atoms with E-state index in [0.717, 1.165) is 5.33 Å². The van der Waals surface area contributed by atoms with E-state index in [1.165, 1.54) is 12.0 Å². The van der Waals surface area contributed by atoms with Gasteiger partial charge in [-0.2, -0.15) is 0 Å². The molecule has 0 nitrogen and oxygen atoms in total. The van der Waals surface area contributed by atoms with Gasteiger partial charge < -0.3 is 0 Å². The minimum absolute atomic E-state index is 0.384. The molecule has 14 heavy (non-hydrogen) atoms. The summed E-state index contributed by atoms with van der Waals surface area (Å²) in [5.41, 5.74) is 1.83. The molecule has 0 fully saturated rings. The smallest absolute Gasteiger partial charge is 0.00829 e. The van der Waals surface area contributed by atoms with Crippen LogP contribution in [0, 0.1) is 5.41 Å². The maximum atomic E-state index is 3.57. The summed E-state index contributed by atoms with van der Waals surface area (Å²) in [5.74, 6) is 0.642. The van der Waals surface area contributed by atoms with E-state index in [-0.39, 0.29) is 0 Å².